The van der Waals surface area contributed by atoms with Crippen molar-refractivity contribution in [3.05, 3.63) is 23.9 Å². The quantitative estimate of drug-likeness (QED) is 0.871. The van der Waals surface area contributed by atoms with Crippen molar-refractivity contribution in [3.8, 4) is 6.07 Å². The minimum absolute atomic E-state index is 0.0366. The average molecular weight is 379 g/mol. The third kappa shape index (κ3) is 3.17. The highest BCUT2D eigenvalue weighted by Gasteiger charge is 2.54. The molecule has 5 fully saturated rings. The summed E-state index contributed by atoms with van der Waals surface area (Å²) in [5, 5.41) is 12.7. The molecule has 4 aliphatic carbocycles. The Morgan fingerprint density at radius 3 is 2.43 bits per heavy atom. The van der Waals surface area contributed by atoms with Crippen molar-refractivity contribution in [1.82, 2.24) is 10.3 Å². The smallest absolute Gasteiger partial charge is 0.226 e. The van der Waals surface area contributed by atoms with E-state index in [1.165, 1.54) is 19.3 Å². The number of nitrogens with one attached hydrogen (secondary N) is 1. The molecule has 2 heterocycles. The van der Waals surface area contributed by atoms with Gasteiger partial charge in [-0.15, -0.1) is 0 Å². The molecule has 0 aromatic carbocycles. The van der Waals surface area contributed by atoms with E-state index in [1.807, 2.05) is 12.1 Å². The Morgan fingerprint density at radius 1 is 1.18 bits per heavy atom. The molecule has 1 aromatic rings. The summed E-state index contributed by atoms with van der Waals surface area (Å²) in [4.78, 5) is 19.8. The van der Waals surface area contributed by atoms with Gasteiger partial charge in [-0.05, 0) is 87.2 Å². The number of nitriles is 1. The molecule has 28 heavy (non-hydrogen) atoms. The predicted molar refractivity (Wildman–Crippen MR) is 108 cm³/mol. The van der Waals surface area contributed by atoms with Crippen molar-refractivity contribution in [2.24, 2.45) is 29.1 Å². The maximum atomic E-state index is 13.1. The molecule has 5 aliphatic rings. The number of hydrogen-bond acceptors (Lipinski definition) is 4. The van der Waals surface area contributed by atoms with Gasteiger partial charge in [0.25, 0.3) is 0 Å². The van der Waals surface area contributed by atoms with E-state index in [-0.39, 0.29) is 5.41 Å². The Balaban J connectivity index is 1.15. The number of aromatic nitrogens is 1. The van der Waals surface area contributed by atoms with E-state index in [2.05, 4.69) is 21.3 Å². The minimum Gasteiger partial charge on any atom is -0.356 e. The molecule has 148 valence electrons. The summed E-state index contributed by atoms with van der Waals surface area (Å²) in [7, 11) is 0. The van der Waals surface area contributed by atoms with Crippen LogP contribution in [0.3, 0.4) is 0 Å². The van der Waals surface area contributed by atoms with Crippen LogP contribution in [0.25, 0.3) is 0 Å². The summed E-state index contributed by atoms with van der Waals surface area (Å²) in [6.07, 6.45) is 11.4. The number of nitrogens with zero attached hydrogens (tertiary/aromatic N) is 3. The van der Waals surface area contributed by atoms with Crippen LogP contribution < -0.4 is 10.2 Å². The number of carbonyl (C=O) groups is 1. The maximum absolute atomic E-state index is 13.1. The maximum Gasteiger partial charge on any atom is 0.226 e. The van der Waals surface area contributed by atoms with Gasteiger partial charge >= 0.3 is 0 Å². The molecule has 1 aromatic heterocycles. The van der Waals surface area contributed by atoms with Crippen LogP contribution in [0.4, 0.5) is 5.82 Å². The van der Waals surface area contributed by atoms with Crippen molar-refractivity contribution in [2.45, 2.75) is 51.4 Å². The van der Waals surface area contributed by atoms with Crippen molar-refractivity contribution in [3.63, 3.8) is 0 Å². The van der Waals surface area contributed by atoms with Gasteiger partial charge in [0.05, 0.1) is 5.56 Å². The van der Waals surface area contributed by atoms with Gasteiger partial charge in [0.2, 0.25) is 5.91 Å². The fourth-order valence-electron chi connectivity index (χ4n) is 6.90. The first-order chi connectivity index (χ1) is 13.6. The molecule has 6 rings (SSSR count). The number of carbonyl (C=O) groups excluding carboxylic acids is 1. The third-order valence-electron chi connectivity index (χ3n) is 7.89. The van der Waals surface area contributed by atoms with E-state index in [0.717, 1.165) is 75.3 Å². The number of amides is 1. The highest BCUT2D eigenvalue weighted by Crippen LogP contribution is 2.60. The summed E-state index contributed by atoms with van der Waals surface area (Å²) in [5.74, 6) is 4.13. The van der Waals surface area contributed by atoms with Gasteiger partial charge in [-0.1, -0.05) is 0 Å². The highest BCUT2D eigenvalue weighted by atomic mass is 16.2. The van der Waals surface area contributed by atoms with Crippen molar-refractivity contribution < 1.29 is 4.79 Å². The second-order valence-corrected chi connectivity index (χ2v) is 9.82. The fraction of sp³-hybridized carbons (Fsp3) is 0.696. The minimum atomic E-state index is -0.0366. The lowest BCUT2D eigenvalue weighted by Crippen LogP contribution is -2.54. The van der Waals surface area contributed by atoms with Crippen LogP contribution in [-0.2, 0) is 4.79 Å². The summed E-state index contributed by atoms with van der Waals surface area (Å²) >= 11 is 0. The largest absolute Gasteiger partial charge is 0.356 e. The average Bonchev–Trinajstić information content (AvgIpc) is 2.71. The van der Waals surface area contributed by atoms with Crippen molar-refractivity contribution in [2.75, 3.05) is 24.5 Å². The van der Waals surface area contributed by atoms with Gasteiger partial charge < -0.3 is 10.2 Å². The Bertz CT molecular complexity index is 755. The normalized spacial score (nSPS) is 34.2. The van der Waals surface area contributed by atoms with Crippen LogP contribution in [-0.4, -0.2) is 30.5 Å². The highest BCUT2D eigenvalue weighted by molar-refractivity contribution is 5.83. The number of anilines is 1. The summed E-state index contributed by atoms with van der Waals surface area (Å²) in [6, 6.07) is 5.89. The number of pyridine rings is 1. The number of rotatable bonds is 4. The van der Waals surface area contributed by atoms with E-state index in [0.29, 0.717) is 17.4 Å². The lowest BCUT2D eigenvalue weighted by molar-refractivity contribution is -0.146. The molecule has 1 saturated heterocycles. The van der Waals surface area contributed by atoms with Crippen molar-refractivity contribution in [1.29, 1.82) is 5.26 Å². The zero-order chi connectivity index (χ0) is 19.1. The summed E-state index contributed by atoms with van der Waals surface area (Å²) in [5.41, 5.74) is 0.613. The van der Waals surface area contributed by atoms with E-state index in [1.54, 1.807) is 6.20 Å². The second-order valence-electron chi connectivity index (χ2n) is 9.82. The molecule has 0 atom stereocenters. The molecule has 5 heteroatoms. The first-order valence-corrected chi connectivity index (χ1v) is 11.0. The van der Waals surface area contributed by atoms with Gasteiger partial charge in [0, 0.05) is 31.2 Å². The fourth-order valence-corrected chi connectivity index (χ4v) is 6.90. The lowest BCUT2D eigenvalue weighted by Gasteiger charge is -2.55. The molecular weight excluding hydrogens is 348 g/mol. The van der Waals surface area contributed by atoms with Gasteiger partial charge in [0.1, 0.15) is 11.9 Å². The molecule has 5 nitrogen and oxygen atoms in total. The molecule has 0 radical (unpaired) electrons. The van der Waals surface area contributed by atoms with Crippen LogP contribution >= 0.6 is 0 Å². The van der Waals surface area contributed by atoms with Crippen LogP contribution in [0.15, 0.2) is 18.3 Å². The first kappa shape index (κ1) is 18.0. The molecule has 4 bridgehead atoms. The van der Waals surface area contributed by atoms with Gasteiger partial charge in [-0.2, -0.15) is 5.26 Å². The lowest BCUT2D eigenvalue weighted by atomic mass is 9.49. The first-order valence-electron chi connectivity index (χ1n) is 11.0. The van der Waals surface area contributed by atoms with E-state index >= 15 is 0 Å². The van der Waals surface area contributed by atoms with Crippen molar-refractivity contribution >= 4 is 11.7 Å². The van der Waals surface area contributed by atoms with Crippen LogP contribution in [0, 0.1) is 40.4 Å². The Morgan fingerprint density at radius 2 is 1.82 bits per heavy atom. The molecule has 1 aliphatic heterocycles. The standard InChI is InChI=1S/C23H30N4O/c24-14-20-2-1-5-25-21(20)27-6-3-16(4-7-27)15-26-22(28)23-11-17-8-18(12-23)10-19(9-17)13-23/h1-2,5,16-19H,3-4,6-13,15H2,(H,26,28). The van der Waals surface area contributed by atoms with Gasteiger partial charge in [-0.3, -0.25) is 4.79 Å². The van der Waals surface area contributed by atoms with Crippen LogP contribution in [0.2, 0.25) is 0 Å². The Kier molecular flexibility index (Phi) is 4.53. The van der Waals surface area contributed by atoms with Gasteiger partial charge in [0.15, 0.2) is 0 Å². The third-order valence-corrected chi connectivity index (χ3v) is 7.89. The monoisotopic (exact) mass is 378 g/mol. The molecule has 0 unspecified atom stereocenters. The van der Waals surface area contributed by atoms with Crippen LogP contribution in [0.5, 0.6) is 0 Å². The molecule has 0 spiro atoms. The Hall–Kier alpha value is -2.09. The zero-order valence-electron chi connectivity index (χ0n) is 16.6. The van der Waals surface area contributed by atoms with Gasteiger partial charge in [-0.25, -0.2) is 4.98 Å². The molecule has 1 amide bonds. The number of hydrogen-bond donors (Lipinski definition) is 1. The Labute approximate surface area is 167 Å². The molecular formula is C23H30N4O. The van der Waals surface area contributed by atoms with E-state index in [4.69, 9.17) is 0 Å². The zero-order valence-corrected chi connectivity index (χ0v) is 16.6. The number of piperidine rings is 1. The molecule has 1 N–H and O–H groups in total. The topological polar surface area (TPSA) is 69.0 Å². The summed E-state index contributed by atoms with van der Waals surface area (Å²) in [6.45, 7) is 2.62. The predicted octanol–water partition coefficient (Wildman–Crippen LogP) is 3.50. The summed E-state index contributed by atoms with van der Waals surface area (Å²) < 4.78 is 0. The van der Waals surface area contributed by atoms with Crippen LogP contribution in [0.1, 0.15) is 56.9 Å². The second kappa shape index (κ2) is 7.06. The van der Waals surface area contributed by atoms with E-state index in [9.17, 15) is 10.1 Å². The SMILES string of the molecule is N#Cc1cccnc1N1CCC(CNC(=O)C23CC4CC(CC(C4)C2)C3)CC1. The molecule has 4 saturated carbocycles. The van der Waals surface area contributed by atoms with E-state index < -0.39 is 0 Å².